The number of carbonyl (C=O) groups is 3. The molecule has 4 N–H and O–H groups in total. The molecule has 25 heavy (non-hydrogen) atoms. The Kier molecular flexibility index (Phi) is 9.24. The first-order valence-electron chi connectivity index (χ1n) is 8.45. The molecule has 138 valence electrons. The van der Waals surface area contributed by atoms with Gasteiger partial charge in [0.15, 0.2) is 5.78 Å². The van der Waals surface area contributed by atoms with E-state index >= 15 is 0 Å². The van der Waals surface area contributed by atoms with Crippen LogP contribution in [0.25, 0.3) is 0 Å². The fourth-order valence-corrected chi connectivity index (χ4v) is 2.48. The van der Waals surface area contributed by atoms with E-state index in [2.05, 4.69) is 10.6 Å². The van der Waals surface area contributed by atoms with E-state index in [1.54, 1.807) is 0 Å². The highest BCUT2D eigenvalue weighted by Gasteiger charge is 2.25. The molecule has 0 radical (unpaired) electrons. The molecule has 0 saturated carbocycles. The molecule has 2 unspecified atom stereocenters. The van der Waals surface area contributed by atoms with Gasteiger partial charge in [-0.3, -0.25) is 9.59 Å². The van der Waals surface area contributed by atoms with Crippen molar-refractivity contribution in [3.05, 3.63) is 35.9 Å². The molecule has 0 saturated heterocycles. The number of benzene rings is 1. The van der Waals surface area contributed by atoms with E-state index in [-0.39, 0.29) is 0 Å². The van der Waals surface area contributed by atoms with Crippen LogP contribution in [-0.4, -0.2) is 46.7 Å². The summed E-state index contributed by atoms with van der Waals surface area (Å²) in [4.78, 5) is 35.1. The van der Waals surface area contributed by atoms with Crippen molar-refractivity contribution in [3.63, 3.8) is 0 Å². The van der Waals surface area contributed by atoms with Gasteiger partial charge in [0.25, 0.3) is 0 Å². The highest BCUT2D eigenvalue weighted by molar-refractivity contribution is 5.92. The molecule has 0 aliphatic carbocycles. The number of carboxylic acid groups (broad SMARTS) is 1. The second-order valence-electron chi connectivity index (χ2n) is 5.85. The lowest BCUT2D eigenvalue weighted by Gasteiger charge is -2.21. The van der Waals surface area contributed by atoms with Gasteiger partial charge in [-0.15, -0.1) is 0 Å². The van der Waals surface area contributed by atoms with Crippen molar-refractivity contribution in [3.8, 4) is 0 Å². The summed E-state index contributed by atoms with van der Waals surface area (Å²) in [5.74, 6) is -1.04. The van der Waals surface area contributed by atoms with Gasteiger partial charge in [0.1, 0.15) is 12.6 Å². The molecule has 0 bridgehead atoms. The SMILES string of the molecule is CCCCC(NC(=O)O)C(=O)NC(CCc1ccccc1)C(=O)CO. The van der Waals surface area contributed by atoms with Crippen LogP contribution in [-0.2, 0) is 16.0 Å². The van der Waals surface area contributed by atoms with Gasteiger partial charge >= 0.3 is 6.09 Å². The largest absolute Gasteiger partial charge is 0.465 e. The van der Waals surface area contributed by atoms with E-state index in [0.29, 0.717) is 25.7 Å². The minimum Gasteiger partial charge on any atom is -0.465 e. The lowest BCUT2D eigenvalue weighted by Crippen LogP contribution is -2.52. The number of nitrogens with one attached hydrogen (secondary N) is 2. The third-order valence-corrected chi connectivity index (χ3v) is 3.89. The van der Waals surface area contributed by atoms with E-state index in [0.717, 1.165) is 12.0 Å². The second kappa shape index (κ2) is 11.2. The Hall–Kier alpha value is -2.41. The lowest BCUT2D eigenvalue weighted by atomic mass is 10.0. The smallest absolute Gasteiger partial charge is 0.405 e. The van der Waals surface area contributed by atoms with Crippen molar-refractivity contribution in [1.29, 1.82) is 0 Å². The number of hydrogen-bond donors (Lipinski definition) is 4. The van der Waals surface area contributed by atoms with Crippen LogP contribution in [0.1, 0.15) is 38.2 Å². The van der Waals surface area contributed by atoms with Crippen LogP contribution in [0.2, 0.25) is 0 Å². The number of hydrogen-bond acceptors (Lipinski definition) is 4. The summed E-state index contributed by atoms with van der Waals surface area (Å²) in [7, 11) is 0. The summed E-state index contributed by atoms with van der Waals surface area (Å²) in [5, 5.41) is 22.8. The summed E-state index contributed by atoms with van der Waals surface area (Å²) in [6.07, 6.45) is 1.46. The summed E-state index contributed by atoms with van der Waals surface area (Å²) in [6.45, 7) is 1.26. The van der Waals surface area contributed by atoms with Gasteiger partial charge in [-0.2, -0.15) is 0 Å². The van der Waals surface area contributed by atoms with Crippen LogP contribution in [0, 0.1) is 0 Å². The fourth-order valence-electron chi connectivity index (χ4n) is 2.48. The van der Waals surface area contributed by atoms with E-state index in [4.69, 9.17) is 10.2 Å². The molecule has 2 amide bonds. The molecule has 0 spiro atoms. The van der Waals surface area contributed by atoms with Crippen LogP contribution in [0.3, 0.4) is 0 Å². The van der Waals surface area contributed by atoms with E-state index < -0.39 is 36.5 Å². The minimum absolute atomic E-state index is 0.336. The van der Waals surface area contributed by atoms with Crippen molar-refractivity contribution in [1.82, 2.24) is 10.6 Å². The Morgan fingerprint density at radius 3 is 2.28 bits per heavy atom. The highest BCUT2D eigenvalue weighted by Crippen LogP contribution is 2.08. The van der Waals surface area contributed by atoms with Gasteiger partial charge in [0, 0.05) is 0 Å². The van der Waals surface area contributed by atoms with Crippen LogP contribution in [0.4, 0.5) is 4.79 Å². The maximum absolute atomic E-state index is 12.4. The number of rotatable bonds is 11. The average Bonchev–Trinajstić information content (AvgIpc) is 2.61. The first-order valence-corrected chi connectivity index (χ1v) is 8.45. The highest BCUT2D eigenvalue weighted by atomic mass is 16.4. The predicted octanol–water partition coefficient (Wildman–Crippen LogP) is 1.49. The summed E-state index contributed by atoms with van der Waals surface area (Å²) < 4.78 is 0. The van der Waals surface area contributed by atoms with Crippen LogP contribution in [0.15, 0.2) is 30.3 Å². The maximum atomic E-state index is 12.4. The Bertz CT molecular complexity index is 562. The van der Waals surface area contributed by atoms with Gasteiger partial charge in [-0.05, 0) is 24.8 Å². The van der Waals surface area contributed by atoms with Crippen molar-refractivity contribution < 1.29 is 24.6 Å². The molecule has 1 aromatic carbocycles. The monoisotopic (exact) mass is 350 g/mol. The molecule has 7 heteroatoms. The summed E-state index contributed by atoms with van der Waals surface area (Å²) in [5.41, 5.74) is 1.01. The van der Waals surface area contributed by atoms with Gasteiger partial charge in [0.05, 0.1) is 6.04 Å². The zero-order valence-corrected chi connectivity index (χ0v) is 14.4. The average molecular weight is 350 g/mol. The topological polar surface area (TPSA) is 116 Å². The molecule has 0 aromatic heterocycles. The van der Waals surface area contributed by atoms with Crippen molar-refractivity contribution >= 4 is 17.8 Å². The van der Waals surface area contributed by atoms with Gasteiger partial charge in [-0.1, -0.05) is 50.1 Å². The van der Waals surface area contributed by atoms with Gasteiger partial charge in [-0.25, -0.2) is 4.79 Å². The van der Waals surface area contributed by atoms with E-state index in [1.165, 1.54) is 0 Å². The number of aryl methyl sites for hydroxylation is 1. The number of aliphatic hydroxyl groups is 1. The Labute approximate surface area is 147 Å². The Morgan fingerprint density at radius 2 is 1.72 bits per heavy atom. The molecule has 7 nitrogen and oxygen atoms in total. The lowest BCUT2D eigenvalue weighted by molar-refractivity contribution is -0.130. The van der Waals surface area contributed by atoms with Gasteiger partial charge < -0.3 is 20.8 Å². The minimum atomic E-state index is -1.29. The molecular weight excluding hydrogens is 324 g/mol. The fraction of sp³-hybridized carbons (Fsp3) is 0.500. The first kappa shape index (κ1) is 20.6. The Balaban J connectivity index is 2.72. The molecule has 1 rings (SSSR count). The number of unbranched alkanes of at least 4 members (excludes halogenated alkanes) is 1. The van der Waals surface area contributed by atoms with Crippen LogP contribution in [0.5, 0.6) is 0 Å². The van der Waals surface area contributed by atoms with Crippen LogP contribution >= 0.6 is 0 Å². The zero-order valence-electron chi connectivity index (χ0n) is 14.4. The normalized spacial score (nSPS) is 12.9. The van der Waals surface area contributed by atoms with Crippen molar-refractivity contribution in [2.24, 2.45) is 0 Å². The van der Waals surface area contributed by atoms with Gasteiger partial charge in [0.2, 0.25) is 5.91 Å². The number of aliphatic hydroxyl groups excluding tert-OH is 1. The number of carbonyl (C=O) groups excluding carboxylic acids is 2. The van der Waals surface area contributed by atoms with Crippen molar-refractivity contribution in [2.75, 3.05) is 6.61 Å². The maximum Gasteiger partial charge on any atom is 0.405 e. The quantitative estimate of drug-likeness (QED) is 0.483. The second-order valence-corrected chi connectivity index (χ2v) is 5.85. The predicted molar refractivity (Wildman–Crippen MR) is 93.3 cm³/mol. The molecule has 0 aliphatic rings. The molecule has 2 atom stereocenters. The molecule has 0 aliphatic heterocycles. The standard InChI is InChI=1S/C18H26N2O5/c1-2-3-9-15(20-18(24)25)17(23)19-14(16(22)12-21)11-10-13-7-5-4-6-8-13/h4-8,14-15,20-21H,2-3,9-12H2,1H3,(H,19,23)(H,24,25). The Morgan fingerprint density at radius 1 is 1.04 bits per heavy atom. The third-order valence-electron chi connectivity index (χ3n) is 3.89. The van der Waals surface area contributed by atoms with E-state index in [9.17, 15) is 14.4 Å². The molecule has 0 heterocycles. The molecule has 0 fully saturated rings. The zero-order chi connectivity index (χ0) is 18.7. The summed E-state index contributed by atoms with van der Waals surface area (Å²) in [6, 6.07) is 7.72. The summed E-state index contributed by atoms with van der Waals surface area (Å²) >= 11 is 0. The molecule has 1 aromatic rings. The number of amides is 2. The number of ketones is 1. The first-order chi connectivity index (χ1) is 12.0. The van der Waals surface area contributed by atoms with E-state index in [1.807, 2.05) is 37.3 Å². The van der Waals surface area contributed by atoms with Crippen molar-refractivity contribution in [2.45, 2.75) is 51.1 Å². The third kappa shape index (κ3) is 7.80. The number of Topliss-reactive ketones (excluding diaryl/α,β-unsaturated/α-hetero) is 1. The van der Waals surface area contributed by atoms with Crippen LogP contribution < -0.4 is 10.6 Å². The molecular formula is C18H26N2O5.